The SMILES string of the molecule is CCSCCC(C)N1C(=O)NC(=O)C(C2CCCC2)C1=O. The summed E-state index contributed by atoms with van der Waals surface area (Å²) in [5, 5.41) is 2.38. The summed E-state index contributed by atoms with van der Waals surface area (Å²) >= 11 is 1.79. The van der Waals surface area contributed by atoms with Gasteiger partial charge in [0.2, 0.25) is 11.8 Å². The monoisotopic (exact) mass is 312 g/mol. The van der Waals surface area contributed by atoms with Crippen molar-refractivity contribution in [1.29, 1.82) is 0 Å². The van der Waals surface area contributed by atoms with E-state index >= 15 is 0 Å². The fourth-order valence-corrected chi connectivity index (χ4v) is 4.05. The Balaban J connectivity index is 2.07. The third-order valence-electron chi connectivity index (χ3n) is 4.43. The van der Waals surface area contributed by atoms with E-state index in [0.717, 1.165) is 43.6 Å². The van der Waals surface area contributed by atoms with Crippen LogP contribution in [0.5, 0.6) is 0 Å². The summed E-state index contributed by atoms with van der Waals surface area (Å²) in [6.45, 7) is 3.97. The predicted octanol–water partition coefficient (Wildman–Crippen LogP) is 2.40. The average molecular weight is 312 g/mol. The van der Waals surface area contributed by atoms with Crippen molar-refractivity contribution in [2.45, 2.75) is 52.0 Å². The number of rotatable bonds is 6. The molecule has 0 aromatic rings. The number of hydrogen-bond acceptors (Lipinski definition) is 4. The van der Waals surface area contributed by atoms with Crippen LogP contribution in [0.1, 0.15) is 46.0 Å². The van der Waals surface area contributed by atoms with Crippen LogP contribution in [0, 0.1) is 11.8 Å². The van der Waals surface area contributed by atoms with E-state index in [4.69, 9.17) is 0 Å². The highest BCUT2D eigenvalue weighted by Gasteiger charge is 2.46. The lowest BCUT2D eigenvalue weighted by molar-refractivity contribution is -0.146. The molecule has 1 N–H and O–H groups in total. The number of nitrogens with one attached hydrogen (secondary N) is 1. The highest BCUT2D eigenvalue weighted by Crippen LogP contribution is 2.34. The van der Waals surface area contributed by atoms with Crippen molar-refractivity contribution in [3.8, 4) is 0 Å². The van der Waals surface area contributed by atoms with Crippen LogP contribution in [-0.4, -0.2) is 40.3 Å². The van der Waals surface area contributed by atoms with E-state index in [1.807, 2.05) is 6.92 Å². The Morgan fingerprint density at radius 1 is 1.29 bits per heavy atom. The van der Waals surface area contributed by atoms with E-state index in [1.54, 1.807) is 11.8 Å². The lowest BCUT2D eigenvalue weighted by atomic mass is 9.87. The van der Waals surface area contributed by atoms with Crippen LogP contribution in [-0.2, 0) is 9.59 Å². The van der Waals surface area contributed by atoms with Gasteiger partial charge in [-0.3, -0.25) is 19.8 Å². The van der Waals surface area contributed by atoms with Crippen LogP contribution >= 0.6 is 11.8 Å². The summed E-state index contributed by atoms with van der Waals surface area (Å²) in [5.41, 5.74) is 0. The maximum Gasteiger partial charge on any atom is 0.331 e. The number of urea groups is 1. The molecule has 1 saturated carbocycles. The minimum atomic E-state index is -0.661. The quantitative estimate of drug-likeness (QED) is 0.604. The predicted molar refractivity (Wildman–Crippen MR) is 82.9 cm³/mol. The molecule has 4 amide bonds. The Morgan fingerprint density at radius 2 is 1.95 bits per heavy atom. The second-order valence-corrected chi connectivity index (χ2v) is 7.25. The van der Waals surface area contributed by atoms with Crippen molar-refractivity contribution in [2.24, 2.45) is 11.8 Å². The fourth-order valence-electron chi connectivity index (χ4n) is 3.26. The second kappa shape index (κ2) is 7.29. The standard InChI is InChI=1S/C15H24N2O3S/c1-3-21-9-8-10(2)17-14(19)12(11-6-4-5-7-11)13(18)16-15(17)20/h10-12H,3-9H2,1-2H3,(H,16,18,20). The van der Waals surface area contributed by atoms with E-state index in [2.05, 4.69) is 12.2 Å². The van der Waals surface area contributed by atoms with Gasteiger partial charge in [-0.1, -0.05) is 19.8 Å². The number of carbonyl (C=O) groups excluding carboxylic acids is 3. The highest BCUT2D eigenvalue weighted by atomic mass is 32.2. The number of thioether (sulfide) groups is 1. The summed E-state index contributed by atoms with van der Waals surface area (Å²) in [6.07, 6.45) is 4.72. The molecule has 2 aliphatic rings. The van der Waals surface area contributed by atoms with Crippen molar-refractivity contribution >= 4 is 29.6 Å². The minimum Gasteiger partial charge on any atom is -0.277 e. The van der Waals surface area contributed by atoms with Crippen LogP contribution in [0.4, 0.5) is 4.79 Å². The molecule has 2 fully saturated rings. The molecule has 2 atom stereocenters. The van der Waals surface area contributed by atoms with Gasteiger partial charge in [0.15, 0.2) is 0 Å². The Labute approximate surface area is 130 Å². The smallest absolute Gasteiger partial charge is 0.277 e. The number of nitrogens with zero attached hydrogens (tertiary/aromatic N) is 1. The normalized spacial score (nSPS) is 25.3. The lowest BCUT2D eigenvalue weighted by Crippen LogP contribution is -2.61. The first-order valence-electron chi connectivity index (χ1n) is 7.82. The summed E-state index contributed by atoms with van der Waals surface area (Å²) < 4.78 is 0. The van der Waals surface area contributed by atoms with Crippen molar-refractivity contribution in [3.05, 3.63) is 0 Å². The van der Waals surface area contributed by atoms with Crippen LogP contribution in [0.25, 0.3) is 0 Å². The van der Waals surface area contributed by atoms with Gasteiger partial charge in [0, 0.05) is 6.04 Å². The van der Waals surface area contributed by atoms with Crippen molar-refractivity contribution in [2.75, 3.05) is 11.5 Å². The third kappa shape index (κ3) is 3.59. The molecule has 1 saturated heterocycles. The van der Waals surface area contributed by atoms with Gasteiger partial charge in [-0.25, -0.2) is 4.79 Å². The zero-order valence-electron chi connectivity index (χ0n) is 12.8. The van der Waals surface area contributed by atoms with Crippen molar-refractivity contribution in [1.82, 2.24) is 10.2 Å². The molecule has 2 unspecified atom stereocenters. The highest BCUT2D eigenvalue weighted by molar-refractivity contribution is 7.99. The zero-order chi connectivity index (χ0) is 15.4. The molecule has 0 aromatic heterocycles. The van der Waals surface area contributed by atoms with Gasteiger partial charge < -0.3 is 0 Å². The van der Waals surface area contributed by atoms with Crippen LogP contribution in [0.15, 0.2) is 0 Å². The molecule has 0 bridgehead atoms. The Kier molecular flexibility index (Phi) is 5.67. The maximum absolute atomic E-state index is 12.6. The molecular formula is C15H24N2O3S. The number of carbonyl (C=O) groups is 3. The molecule has 0 spiro atoms. The molecule has 1 aliphatic carbocycles. The summed E-state index contributed by atoms with van der Waals surface area (Å²) in [6, 6.07) is -0.707. The second-order valence-electron chi connectivity index (χ2n) is 5.86. The van der Waals surface area contributed by atoms with E-state index in [9.17, 15) is 14.4 Å². The van der Waals surface area contributed by atoms with Gasteiger partial charge in [-0.2, -0.15) is 11.8 Å². The number of barbiturate groups is 1. The molecule has 2 rings (SSSR count). The first kappa shape index (κ1) is 16.3. The summed E-state index contributed by atoms with van der Waals surface area (Å²) in [4.78, 5) is 38.0. The van der Waals surface area contributed by atoms with E-state index in [1.165, 1.54) is 4.90 Å². The maximum atomic E-state index is 12.6. The van der Waals surface area contributed by atoms with Gasteiger partial charge in [-0.05, 0) is 43.6 Å². The molecule has 118 valence electrons. The Bertz CT molecular complexity index is 421. The first-order chi connectivity index (χ1) is 10.1. The van der Waals surface area contributed by atoms with Gasteiger partial charge >= 0.3 is 6.03 Å². The average Bonchev–Trinajstić information content (AvgIpc) is 2.92. The molecular weight excluding hydrogens is 288 g/mol. The summed E-state index contributed by atoms with van der Waals surface area (Å²) in [5.74, 6) is 0.692. The van der Waals surface area contributed by atoms with E-state index < -0.39 is 17.9 Å². The number of hydrogen-bond donors (Lipinski definition) is 1. The van der Waals surface area contributed by atoms with Gasteiger partial charge in [0.05, 0.1) is 0 Å². The molecule has 1 heterocycles. The molecule has 21 heavy (non-hydrogen) atoms. The van der Waals surface area contributed by atoms with E-state index in [-0.39, 0.29) is 17.9 Å². The fraction of sp³-hybridized carbons (Fsp3) is 0.800. The minimum absolute atomic E-state index is 0.102. The number of imide groups is 2. The lowest BCUT2D eigenvalue weighted by Gasteiger charge is -2.36. The molecule has 6 heteroatoms. The largest absolute Gasteiger partial charge is 0.331 e. The number of amides is 4. The third-order valence-corrected chi connectivity index (χ3v) is 5.36. The molecule has 0 aromatic carbocycles. The summed E-state index contributed by atoms with van der Waals surface area (Å²) in [7, 11) is 0. The van der Waals surface area contributed by atoms with Crippen LogP contribution in [0.3, 0.4) is 0 Å². The zero-order valence-corrected chi connectivity index (χ0v) is 13.6. The Morgan fingerprint density at radius 3 is 2.57 bits per heavy atom. The molecule has 5 nitrogen and oxygen atoms in total. The van der Waals surface area contributed by atoms with Crippen LogP contribution < -0.4 is 5.32 Å². The van der Waals surface area contributed by atoms with Gasteiger partial charge in [-0.15, -0.1) is 0 Å². The van der Waals surface area contributed by atoms with Crippen molar-refractivity contribution < 1.29 is 14.4 Å². The Hall–Kier alpha value is -1.04. The molecule has 1 aliphatic heterocycles. The van der Waals surface area contributed by atoms with Crippen molar-refractivity contribution in [3.63, 3.8) is 0 Å². The topological polar surface area (TPSA) is 66.5 Å². The molecule has 0 radical (unpaired) electrons. The first-order valence-corrected chi connectivity index (χ1v) is 8.97. The van der Waals surface area contributed by atoms with Crippen LogP contribution in [0.2, 0.25) is 0 Å². The van der Waals surface area contributed by atoms with Gasteiger partial charge in [0.25, 0.3) is 0 Å². The van der Waals surface area contributed by atoms with Gasteiger partial charge in [0.1, 0.15) is 5.92 Å². The van der Waals surface area contributed by atoms with E-state index in [0.29, 0.717) is 0 Å².